The topological polar surface area (TPSA) is 113 Å². The highest BCUT2D eigenvalue weighted by Crippen LogP contribution is 2.28. The summed E-state index contributed by atoms with van der Waals surface area (Å²) in [5, 5.41) is 0.504. The third-order valence-corrected chi connectivity index (χ3v) is 8.45. The van der Waals surface area contributed by atoms with Crippen molar-refractivity contribution in [3.63, 3.8) is 0 Å². The van der Waals surface area contributed by atoms with Gasteiger partial charge in [-0.1, -0.05) is 23.2 Å². The van der Waals surface area contributed by atoms with Crippen LogP contribution in [-0.2, 0) is 24.8 Å². The SMILES string of the molecule is O=C1CCCN1c1ccc(S(=O)(=O)Nc2ccc(S(=O)(=O)Nc3ccc(Cl)cc3Cl)cc2)cc1. The van der Waals surface area contributed by atoms with Crippen LogP contribution in [0.4, 0.5) is 17.1 Å². The van der Waals surface area contributed by atoms with Crippen LogP contribution in [0.15, 0.2) is 76.5 Å². The van der Waals surface area contributed by atoms with Crippen LogP contribution >= 0.6 is 23.2 Å². The summed E-state index contributed by atoms with van der Waals surface area (Å²) in [6.45, 7) is 0.609. The first kappa shape index (κ1) is 24.3. The summed E-state index contributed by atoms with van der Waals surface area (Å²) in [4.78, 5) is 13.4. The minimum Gasteiger partial charge on any atom is -0.312 e. The third kappa shape index (κ3) is 5.30. The molecule has 1 aliphatic heterocycles. The van der Waals surface area contributed by atoms with Crippen LogP contribution in [0.3, 0.4) is 0 Å². The number of carbonyl (C=O) groups is 1. The second kappa shape index (κ2) is 9.46. The Kier molecular flexibility index (Phi) is 6.77. The summed E-state index contributed by atoms with van der Waals surface area (Å²) in [5.41, 5.74) is 0.987. The van der Waals surface area contributed by atoms with E-state index in [9.17, 15) is 21.6 Å². The fourth-order valence-electron chi connectivity index (χ4n) is 3.42. The predicted octanol–water partition coefficient (Wildman–Crippen LogP) is 4.72. The molecule has 1 fully saturated rings. The van der Waals surface area contributed by atoms with Crippen molar-refractivity contribution in [2.24, 2.45) is 0 Å². The Labute approximate surface area is 207 Å². The predicted molar refractivity (Wildman–Crippen MR) is 133 cm³/mol. The van der Waals surface area contributed by atoms with Crippen LogP contribution in [-0.4, -0.2) is 29.3 Å². The summed E-state index contributed by atoms with van der Waals surface area (Å²) >= 11 is 11.9. The van der Waals surface area contributed by atoms with Crippen molar-refractivity contribution in [1.82, 2.24) is 0 Å². The largest absolute Gasteiger partial charge is 0.312 e. The minimum atomic E-state index is -3.97. The number of hydrogen-bond donors (Lipinski definition) is 2. The molecule has 12 heteroatoms. The smallest absolute Gasteiger partial charge is 0.261 e. The zero-order chi connectivity index (χ0) is 24.5. The molecule has 0 radical (unpaired) electrons. The highest BCUT2D eigenvalue weighted by Gasteiger charge is 2.23. The fourth-order valence-corrected chi connectivity index (χ4v) is 6.07. The van der Waals surface area contributed by atoms with Crippen molar-refractivity contribution >= 4 is 66.2 Å². The number of amides is 1. The van der Waals surface area contributed by atoms with Gasteiger partial charge in [-0.3, -0.25) is 14.2 Å². The average Bonchev–Trinajstić information content (AvgIpc) is 3.22. The molecule has 0 saturated carbocycles. The molecule has 0 spiro atoms. The molecular formula is C22H19Cl2N3O5S2. The summed E-state index contributed by atoms with van der Waals surface area (Å²) < 4.78 is 55.6. The first-order valence-corrected chi connectivity index (χ1v) is 13.8. The van der Waals surface area contributed by atoms with Gasteiger partial charge in [-0.15, -0.1) is 0 Å². The average molecular weight is 540 g/mol. The summed E-state index contributed by atoms with van der Waals surface area (Å²) in [6.07, 6.45) is 1.25. The van der Waals surface area contributed by atoms with E-state index in [0.29, 0.717) is 23.7 Å². The van der Waals surface area contributed by atoms with E-state index >= 15 is 0 Å². The van der Waals surface area contributed by atoms with Crippen LogP contribution < -0.4 is 14.3 Å². The second-order valence-electron chi connectivity index (χ2n) is 7.50. The number of halogens is 2. The Bertz CT molecular complexity index is 1440. The standard InChI is InChI=1S/C22H19Cl2N3O5S2/c23-15-3-12-21(20(24)14-15)26-34(31,32)18-8-4-16(5-9-18)25-33(29,30)19-10-6-17(7-11-19)27-13-1-2-22(27)28/h3-12,14,25-26H,1-2,13H2. The molecule has 1 amide bonds. The van der Waals surface area contributed by atoms with Gasteiger partial charge < -0.3 is 4.90 Å². The van der Waals surface area contributed by atoms with E-state index in [2.05, 4.69) is 9.44 Å². The van der Waals surface area contributed by atoms with Crippen molar-refractivity contribution < 1.29 is 21.6 Å². The van der Waals surface area contributed by atoms with E-state index in [0.717, 1.165) is 6.42 Å². The van der Waals surface area contributed by atoms with Gasteiger partial charge in [0.25, 0.3) is 20.0 Å². The van der Waals surface area contributed by atoms with Crippen LogP contribution in [0.1, 0.15) is 12.8 Å². The van der Waals surface area contributed by atoms with E-state index in [4.69, 9.17) is 23.2 Å². The second-order valence-corrected chi connectivity index (χ2v) is 11.7. The highest BCUT2D eigenvalue weighted by molar-refractivity contribution is 7.93. The first-order valence-electron chi connectivity index (χ1n) is 10.1. The molecule has 0 aliphatic carbocycles. The maximum atomic E-state index is 12.7. The van der Waals surface area contributed by atoms with Crippen LogP contribution in [0.25, 0.3) is 0 Å². The molecule has 4 rings (SSSR count). The molecule has 178 valence electrons. The summed E-state index contributed by atoms with van der Waals surface area (Å²) in [7, 11) is -7.89. The van der Waals surface area contributed by atoms with E-state index in [1.807, 2.05) is 0 Å². The molecule has 3 aromatic carbocycles. The van der Waals surface area contributed by atoms with E-state index in [1.54, 1.807) is 17.0 Å². The fraction of sp³-hybridized carbons (Fsp3) is 0.136. The van der Waals surface area contributed by atoms with Gasteiger partial charge >= 0.3 is 0 Å². The number of nitrogens with zero attached hydrogens (tertiary/aromatic N) is 1. The van der Waals surface area contributed by atoms with Crippen molar-refractivity contribution in [2.75, 3.05) is 20.9 Å². The molecule has 34 heavy (non-hydrogen) atoms. The van der Waals surface area contributed by atoms with Gasteiger partial charge in [0.2, 0.25) is 5.91 Å². The van der Waals surface area contributed by atoms with Gasteiger partial charge in [-0.2, -0.15) is 0 Å². The zero-order valence-corrected chi connectivity index (χ0v) is 20.7. The van der Waals surface area contributed by atoms with Gasteiger partial charge in [-0.05, 0) is 73.2 Å². The van der Waals surface area contributed by atoms with Gasteiger partial charge in [0.1, 0.15) is 0 Å². The lowest BCUT2D eigenvalue weighted by molar-refractivity contribution is -0.117. The van der Waals surface area contributed by atoms with Gasteiger partial charge in [0, 0.05) is 29.4 Å². The molecule has 3 aromatic rings. The van der Waals surface area contributed by atoms with E-state index in [-0.39, 0.29) is 32.1 Å². The van der Waals surface area contributed by atoms with Gasteiger partial charge in [-0.25, -0.2) is 16.8 Å². The molecule has 8 nitrogen and oxygen atoms in total. The van der Waals surface area contributed by atoms with Gasteiger partial charge in [0.15, 0.2) is 0 Å². The molecule has 0 atom stereocenters. The molecule has 1 heterocycles. The van der Waals surface area contributed by atoms with Crippen molar-refractivity contribution in [3.05, 3.63) is 76.8 Å². The monoisotopic (exact) mass is 539 g/mol. The first-order chi connectivity index (χ1) is 16.0. The lowest BCUT2D eigenvalue weighted by Crippen LogP contribution is -2.23. The Balaban J connectivity index is 1.47. The molecule has 0 aromatic heterocycles. The maximum Gasteiger partial charge on any atom is 0.261 e. The Morgan fingerprint density at radius 2 is 1.35 bits per heavy atom. The number of benzene rings is 3. The number of sulfonamides is 2. The zero-order valence-electron chi connectivity index (χ0n) is 17.5. The number of anilines is 3. The van der Waals surface area contributed by atoms with Gasteiger partial charge in [0.05, 0.1) is 20.5 Å². The third-order valence-electron chi connectivity index (χ3n) is 5.12. The summed E-state index contributed by atoms with van der Waals surface area (Å²) in [6, 6.07) is 15.6. The molecule has 0 bridgehead atoms. The number of carbonyl (C=O) groups excluding carboxylic acids is 1. The molecule has 0 unspecified atom stereocenters. The maximum absolute atomic E-state index is 12.7. The molecular weight excluding hydrogens is 521 g/mol. The molecule has 1 saturated heterocycles. The van der Waals surface area contributed by atoms with Crippen LogP contribution in [0, 0.1) is 0 Å². The van der Waals surface area contributed by atoms with Crippen molar-refractivity contribution in [1.29, 1.82) is 0 Å². The van der Waals surface area contributed by atoms with Crippen molar-refractivity contribution in [3.8, 4) is 0 Å². The number of rotatable bonds is 7. The summed E-state index contributed by atoms with van der Waals surface area (Å²) in [5.74, 6) is 0.0107. The Morgan fingerprint density at radius 3 is 1.91 bits per heavy atom. The Morgan fingerprint density at radius 1 is 0.765 bits per heavy atom. The quantitative estimate of drug-likeness (QED) is 0.450. The van der Waals surface area contributed by atoms with Crippen molar-refractivity contribution in [2.45, 2.75) is 22.6 Å². The lowest BCUT2D eigenvalue weighted by Gasteiger charge is -2.16. The van der Waals surface area contributed by atoms with Crippen LogP contribution in [0.5, 0.6) is 0 Å². The Hall–Kier alpha value is -2.79. The van der Waals surface area contributed by atoms with E-state index < -0.39 is 20.0 Å². The lowest BCUT2D eigenvalue weighted by atomic mass is 10.3. The molecule has 2 N–H and O–H groups in total. The van der Waals surface area contributed by atoms with E-state index in [1.165, 1.54) is 54.6 Å². The highest BCUT2D eigenvalue weighted by atomic mass is 35.5. The normalized spacial score (nSPS) is 14.3. The minimum absolute atomic E-state index is 0.0107. The number of hydrogen-bond acceptors (Lipinski definition) is 5. The van der Waals surface area contributed by atoms with Crippen LogP contribution in [0.2, 0.25) is 10.0 Å². The number of nitrogens with one attached hydrogen (secondary N) is 2. The molecule has 1 aliphatic rings.